The quantitative estimate of drug-likeness (QED) is 0.534. The predicted molar refractivity (Wildman–Crippen MR) is 99.7 cm³/mol. The molecule has 4 nitrogen and oxygen atoms in total. The first-order valence-electron chi connectivity index (χ1n) is 10.2. The van der Waals surface area contributed by atoms with Crippen LogP contribution in [-0.2, 0) is 4.74 Å². The Kier molecular flexibility index (Phi) is 9.93. The normalized spacial score (nSPS) is 27.6. The van der Waals surface area contributed by atoms with Crippen LogP contribution in [-0.4, -0.2) is 42.1 Å². The summed E-state index contributed by atoms with van der Waals surface area (Å²) in [5.74, 6) is 0. The van der Waals surface area contributed by atoms with Crippen molar-refractivity contribution >= 4 is 5.71 Å². The molecule has 0 aromatic carbocycles. The van der Waals surface area contributed by atoms with Crippen LogP contribution in [0.4, 0.5) is 0 Å². The van der Waals surface area contributed by atoms with Gasteiger partial charge in [-0.05, 0) is 25.7 Å². The first-order valence-corrected chi connectivity index (χ1v) is 10.2. The molecule has 1 heterocycles. The molecule has 1 aliphatic carbocycles. The summed E-state index contributed by atoms with van der Waals surface area (Å²) in [5, 5.41) is 13.2. The van der Waals surface area contributed by atoms with Gasteiger partial charge in [-0.15, -0.1) is 0 Å². The van der Waals surface area contributed by atoms with E-state index < -0.39 is 0 Å². The van der Waals surface area contributed by atoms with E-state index in [-0.39, 0.29) is 0 Å². The van der Waals surface area contributed by atoms with E-state index in [0.29, 0.717) is 0 Å². The molecule has 0 unspecified atom stereocenters. The Hall–Kier alpha value is -1.03. The summed E-state index contributed by atoms with van der Waals surface area (Å²) >= 11 is 0. The fourth-order valence-corrected chi connectivity index (χ4v) is 3.73. The fraction of sp³-hybridized carbons (Fsp3) is 0.850. The second-order valence-corrected chi connectivity index (χ2v) is 7.16. The minimum absolute atomic E-state index is 0.774. The molecule has 0 spiro atoms. The summed E-state index contributed by atoms with van der Waals surface area (Å²) in [6.07, 6.45) is 18.9. The zero-order chi connectivity index (χ0) is 16.9. The van der Waals surface area contributed by atoms with Crippen LogP contribution < -0.4 is 0 Å². The van der Waals surface area contributed by atoms with E-state index in [1.165, 1.54) is 64.2 Å². The molecule has 0 aromatic heterocycles. The zero-order valence-electron chi connectivity index (χ0n) is 15.3. The third-order valence-electron chi connectivity index (χ3n) is 5.22. The number of morpholine rings is 1. The van der Waals surface area contributed by atoms with Gasteiger partial charge in [-0.1, -0.05) is 69.0 Å². The highest BCUT2D eigenvalue weighted by atomic mass is 16.5. The summed E-state index contributed by atoms with van der Waals surface area (Å²) in [6.45, 7) is 3.36. The molecule has 0 saturated carbocycles. The molecular weight excluding hydrogens is 300 g/mol. The topological polar surface area (TPSA) is 45.1 Å². The SMILES string of the molecule is O/N=C1CCCCCCCCCCCCC/C=C/1N1CCOCC1. The molecule has 0 amide bonds. The average molecular weight is 337 g/mol. The zero-order valence-corrected chi connectivity index (χ0v) is 15.3. The van der Waals surface area contributed by atoms with Gasteiger partial charge in [0.1, 0.15) is 5.71 Å². The lowest BCUT2D eigenvalue weighted by atomic mass is 10.0. The maximum Gasteiger partial charge on any atom is 0.102 e. The maximum atomic E-state index is 9.57. The Balaban J connectivity index is 1.97. The lowest BCUT2D eigenvalue weighted by Crippen LogP contribution is -2.38. The first-order chi connectivity index (χ1) is 11.9. The van der Waals surface area contributed by atoms with Crippen LogP contribution in [0.25, 0.3) is 0 Å². The Morgan fingerprint density at radius 3 is 1.92 bits per heavy atom. The summed E-state index contributed by atoms with van der Waals surface area (Å²) in [4.78, 5) is 2.35. The molecule has 2 rings (SSSR count). The van der Waals surface area contributed by atoms with Crippen LogP contribution in [0.3, 0.4) is 0 Å². The monoisotopic (exact) mass is 336 g/mol. The van der Waals surface area contributed by atoms with E-state index in [0.717, 1.165) is 57.0 Å². The number of oxime groups is 1. The molecule has 0 atom stereocenters. The summed E-state index contributed by atoms with van der Waals surface area (Å²) in [6, 6.07) is 0. The number of allylic oxidation sites excluding steroid dienone is 2. The molecule has 1 saturated heterocycles. The van der Waals surface area contributed by atoms with E-state index in [1.54, 1.807) is 0 Å². The van der Waals surface area contributed by atoms with Crippen LogP contribution in [0.5, 0.6) is 0 Å². The second kappa shape index (κ2) is 12.3. The highest BCUT2D eigenvalue weighted by Gasteiger charge is 2.18. The van der Waals surface area contributed by atoms with Gasteiger partial charge in [-0.2, -0.15) is 0 Å². The molecule has 0 radical (unpaired) electrons. The van der Waals surface area contributed by atoms with Gasteiger partial charge in [0.2, 0.25) is 0 Å². The molecule has 4 heteroatoms. The Morgan fingerprint density at radius 1 is 0.792 bits per heavy atom. The van der Waals surface area contributed by atoms with Crippen molar-refractivity contribution in [2.24, 2.45) is 5.16 Å². The third-order valence-corrected chi connectivity index (χ3v) is 5.22. The molecule has 24 heavy (non-hydrogen) atoms. The lowest BCUT2D eigenvalue weighted by Gasteiger charge is -2.31. The summed E-state index contributed by atoms with van der Waals surface area (Å²) < 4.78 is 5.48. The van der Waals surface area contributed by atoms with Crippen molar-refractivity contribution in [2.75, 3.05) is 26.3 Å². The Bertz CT molecular complexity index is 387. The average Bonchev–Trinajstić information content (AvgIpc) is 2.62. The molecule has 1 aliphatic heterocycles. The second-order valence-electron chi connectivity index (χ2n) is 7.16. The van der Waals surface area contributed by atoms with Crippen molar-refractivity contribution in [3.8, 4) is 0 Å². The number of hydrogen-bond acceptors (Lipinski definition) is 4. The van der Waals surface area contributed by atoms with E-state index in [1.807, 2.05) is 0 Å². The Morgan fingerprint density at radius 2 is 1.33 bits per heavy atom. The minimum Gasteiger partial charge on any atom is -0.411 e. The van der Waals surface area contributed by atoms with Gasteiger partial charge in [-0.25, -0.2) is 0 Å². The van der Waals surface area contributed by atoms with Gasteiger partial charge in [0.15, 0.2) is 0 Å². The van der Waals surface area contributed by atoms with Gasteiger partial charge in [-0.3, -0.25) is 0 Å². The number of rotatable bonds is 1. The number of nitrogens with zero attached hydrogens (tertiary/aromatic N) is 2. The van der Waals surface area contributed by atoms with E-state index >= 15 is 0 Å². The van der Waals surface area contributed by atoms with Crippen LogP contribution in [0, 0.1) is 0 Å². The van der Waals surface area contributed by atoms with Crippen molar-refractivity contribution in [2.45, 2.75) is 83.5 Å². The molecule has 1 N–H and O–H groups in total. The van der Waals surface area contributed by atoms with Crippen molar-refractivity contribution in [3.63, 3.8) is 0 Å². The van der Waals surface area contributed by atoms with Gasteiger partial charge < -0.3 is 14.8 Å². The summed E-state index contributed by atoms with van der Waals surface area (Å²) in [7, 11) is 0. The Labute approximate surface area is 147 Å². The first kappa shape index (κ1) is 19.3. The molecule has 0 bridgehead atoms. The predicted octanol–water partition coefficient (Wildman–Crippen LogP) is 5.12. The van der Waals surface area contributed by atoms with Crippen molar-refractivity contribution in [1.82, 2.24) is 4.90 Å². The summed E-state index contributed by atoms with van der Waals surface area (Å²) in [5.41, 5.74) is 2.04. The van der Waals surface area contributed by atoms with Crippen LogP contribution in [0.15, 0.2) is 16.9 Å². The van der Waals surface area contributed by atoms with Gasteiger partial charge in [0, 0.05) is 13.1 Å². The number of hydrogen-bond donors (Lipinski definition) is 1. The van der Waals surface area contributed by atoms with Crippen LogP contribution in [0.1, 0.15) is 83.5 Å². The fourth-order valence-electron chi connectivity index (χ4n) is 3.73. The molecular formula is C20H36N2O2. The van der Waals surface area contributed by atoms with Gasteiger partial charge in [0.05, 0.1) is 18.9 Å². The van der Waals surface area contributed by atoms with Crippen LogP contribution >= 0.6 is 0 Å². The molecule has 0 aromatic rings. The van der Waals surface area contributed by atoms with Crippen LogP contribution in [0.2, 0.25) is 0 Å². The molecule has 138 valence electrons. The van der Waals surface area contributed by atoms with E-state index in [2.05, 4.69) is 16.1 Å². The molecule has 1 fully saturated rings. The van der Waals surface area contributed by atoms with Gasteiger partial charge in [0.25, 0.3) is 0 Å². The third kappa shape index (κ3) is 7.25. The highest BCUT2D eigenvalue weighted by Crippen LogP contribution is 2.19. The van der Waals surface area contributed by atoms with E-state index in [4.69, 9.17) is 4.74 Å². The maximum absolute atomic E-state index is 9.57. The largest absolute Gasteiger partial charge is 0.411 e. The standard InChI is InChI=1S/C20H36N2O2/c23-21-19-13-11-9-7-5-3-1-2-4-6-8-10-12-14-20(19)22-15-17-24-18-16-22/h14,23H,1-13,15-18H2/b20-14-,21-19-. The smallest absolute Gasteiger partial charge is 0.102 e. The van der Waals surface area contributed by atoms with Crippen molar-refractivity contribution in [3.05, 3.63) is 11.8 Å². The molecule has 2 aliphatic rings. The van der Waals surface area contributed by atoms with Gasteiger partial charge >= 0.3 is 0 Å². The lowest BCUT2D eigenvalue weighted by molar-refractivity contribution is 0.0560. The van der Waals surface area contributed by atoms with E-state index in [9.17, 15) is 5.21 Å². The number of ether oxygens (including phenoxy) is 1. The highest BCUT2D eigenvalue weighted by molar-refractivity contribution is 5.99. The van der Waals surface area contributed by atoms with Crippen molar-refractivity contribution < 1.29 is 9.94 Å². The van der Waals surface area contributed by atoms with Crippen molar-refractivity contribution in [1.29, 1.82) is 0 Å². The minimum atomic E-state index is 0.774.